The summed E-state index contributed by atoms with van der Waals surface area (Å²) in [4.78, 5) is 34.8. The maximum atomic E-state index is 10.6. The Kier molecular flexibility index (Phi) is 9.68. The van der Waals surface area contributed by atoms with Gasteiger partial charge in [-0.05, 0) is 0 Å². The third-order valence-electron chi connectivity index (χ3n) is 1.86. The van der Waals surface area contributed by atoms with Crippen molar-refractivity contribution in [1.82, 2.24) is 0 Å². The average molecular weight is 372 g/mol. The Morgan fingerprint density at radius 1 is 0.500 bits per heavy atom. The smallest absolute Gasteiger partial charge is 0.198 e. The van der Waals surface area contributed by atoms with E-state index in [-0.39, 0.29) is 24.6 Å². The average Bonchev–Trinajstić information content (AvgIpc) is 2.09. The predicted octanol–water partition coefficient (Wildman–Crippen LogP) is 1.57. The highest BCUT2D eigenvalue weighted by atomic mass is 31.2. The van der Waals surface area contributed by atoms with Gasteiger partial charge >= 0.3 is 0 Å². The first-order chi connectivity index (χ1) is 8.41. The van der Waals surface area contributed by atoms with E-state index in [4.69, 9.17) is 19.6 Å². The molecule has 0 aliphatic heterocycles. The third kappa shape index (κ3) is 27.2. The van der Waals surface area contributed by atoms with Gasteiger partial charge in [0, 0.05) is 51.3 Å². The van der Waals surface area contributed by atoms with E-state index in [1.54, 1.807) is 0 Å². The highest BCUT2D eigenvalue weighted by Gasteiger charge is 2.17. The summed E-state index contributed by atoms with van der Waals surface area (Å²) in [6, 6.07) is 0. The second-order valence-corrected chi connectivity index (χ2v) is 15.3. The van der Waals surface area contributed by atoms with Crippen molar-refractivity contribution in [3.63, 3.8) is 0 Å². The largest absolute Gasteiger partial charge is 0.344 e. The second kappa shape index (κ2) is 8.41. The molecule has 0 amide bonds. The van der Waals surface area contributed by atoms with Crippen LogP contribution in [-0.4, -0.2) is 70.9 Å². The van der Waals surface area contributed by atoms with E-state index in [2.05, 4.69) is 0 Å². The monoisotopic (exact) mass is 372 g/mol. The molecule has 20 heavy (non-hydrogen) atoms. The van der Waals surface area contributed by atoms with Crippen LogP contribution in [0.1, 0.15) is 0 Å². The molecule has 0 rings (SSSR count). The summed E-state index contributed by atoms with van der Waals surface area (Å²) in [5.41, 5.74) is 0. The molecule has 12 heteroatoms. The van der Waals surface area contributed by atoms with E-state index < -0.39 is 29.5 Å². The van der Waals surface area contributed by atoms with Crippen molar-refractivity contribution in [3.8, 4) is 0 Å². The first-order valence-corrected chi connectivity index (χ1v) is 14.8. The molecule has 0 aromatic rings. The summed E-state index contributed by atoms with van der Waals surface area (Å²) in [7, 11) is -12.4. The van der Waals surface area contributed by atoms with Gasteiger partial charge in [-0.2, -0.15) is 0 Å². The molecular weight excluding hydrogens is 348 g/mol. The molecule has 0 aliphatic carbocycles. The molecule has 0 aliphatic rings. The summed E-state index contributed by atoms with van der Waals surface area (Å²) in [6.45, 7) is 4.73. The Hall–Kier alpha value is 0.760. The van der Waals surface area contributed by atoms with Crippen molar-refractivity contribution in [2.24, 2.45) is 0 Å². The maximum Gasteiger partial charge on any atom is 0.198 e. The van der Waals surface area contributed by atoms with E-state index in [9.17, 15) is 18.3 Å². The molecular formula is C8H24O8P4. The van der Waals surface area contributed by atoms with Crippen molar-refractivity contribution < 1.29 is 37.8 Å². The molecule has 4 atom stereocenters. The van der Waals surface area contributed by atoms with E-state index in [0.717, 1.165) is 0 Å². The lowest BCUT2D eigenvalue weighted by Crippen LogP contribution is -1.94. The van der Waals surface area contributed by atoms with Gasteiger partial charge in [-0.15, -0.1) is 0 Å². The van der Waals surface area contributed by atoms with E-state index >= 15 is 0 Å². The molecule has 0 fully saturated rings. The number of rotatable bonds is 6. The van der Waals surface area contributed by atoms with Crippen LogP contribution in [0.5, 0.6) is 0 Å². The van der Waals surface area contributed by atoms with Crippen LogP contribution in [0.15, 0.2) is 0 Å². The highest BCUT2D eigenvalue weighted by Crippen LogP contribution is 2.44. The Balaban J connectivity index is 0. The van der Waals surface area contributed by atoms with Crippen molar-refractivity contribution in [3.05, 3.63) is 0 Å². The molecule has 0 saturated carbocycles. The first-order valence-electron chi connectivity index (χ1n) is 5.58. The first kappa shape index (κ1) is 23.0. The molecule has 0 aromatic heterocycles. The number of hydrogen-bond acceptors (Lipinski definition) is 4. The molecule has 0 saturated heterocycles. The zero-order valence-electron chi connectivity index (χ0n) is 12.0. The SMILES string of the molecule is CP(=O)(O)CCP(C)(=O)O.CP(=O)(O)CCP(C)(=O)O. The van der Waals surface area contributed by atoms with E-state index in [1.165, 1.54) is 26.7 Å². The van der Waals surface area contributed by atoms with Crippen molar-refractivity contribution in [1.29, 1.82) is 0 Å². The van der Waals surface area contributed by atoms with Gasteiger partial charge in [0.1, 0.15) is 0 Å². The normalized spacial score (nSPS) is 23.2. The molecule has 4 unspecified atom stereocenters. The maximum absolute atomic E-state index is 10.6. The molecule has 8 nitrogen and oxygen atoms in total. The fourth-order valence-corrected chi connectivity index (χ4v) is 6.68. The highest BCUT2D eigenvalue weighted by molar-refractivity contribution is 7.61. The van der Waals surface area contributed by atoms with Crippen molar-refractivity contribution >= 4 is 29.5 Å². The summed E-state index contributed by atoms with van der Waals surface area (Å²) >= 11 is 0. The minimum atomic E-state index is -3.09. The van der Waals surface area contributed by atoms with E-state index in [1.807, 2.05) is 0 Å². The van der Waals surface area contributed by atoms with Gasteiger partial charge in [-0.25, -0.2) is 0 Å². The topological polar surface area (TPSA) is 149 Å². The Morgan fingerprint density at radius 3 is 0.650 bits per heavy atom. The van der Waals surface area contributed by atoms with Gasteiger partial charge in [-0.1, -0.05) is 0 Å². The molecule has 0 spiro atoms. The fourth-order valence-electron chi connectivity index (χ4n) is 0.742. The Morgan fingerprint density at radius 2 is 0.600 bits per heavy atom. The zero-order valence-corrected chi connectivity index (χ0v) is 15.6. The van der Waals surface area contributed by atoms with Crippen LogP contribution in [0.25, 0.3) is 0 Å². The van der Waals surface area contributed by atoms with Crippen LogP contribution in [0, 0.1) is 0 Å². The van der Waals surface area contributed by atoms with Crippen LogP contribution in [-0.2, 0) is 18.3 Å². The van der Waals surface area contributed by atoms with Gasteiger partial charge in [0.2, 0.25) is 0 Å². The molecule has 0 heterocycles. The summed E-state index contributed by atoms with van der Waals surface area (Å²) in [6.07, 6.45) is -0.289. The third-order valence-corrected chi connectivity index (χ3v) is 6.78. The molecule has 0 aromatic carbocycles. The van der Waals surface area contributed by atoms with Crippen LogP contribution in [0.2, 0.25) is 0 Å². The van der Waals surface area contributed by atoms with Crippen LogP contribution in [0.4, 0.5) is 0 Å². The second-order valence-electron chi connectivity index (χ2n) is 5.10. The zero-order chi connectivity index (χ0) is 16.8. The lowest BCUT2D eigenvalue weighted by molar-refractivity contribution is 0.474. The van der Waals surface area contributed by atoms with Gasteiger partial charge in [0.25, 0.3) is 0 Å². The number of hydrogen-bond donors (Lipinski definition) is 4. The Labute approximate surface area is 119 Å². The molecule has 0 bridgehead atoms. The fraction of sp³-hybridized carbons (Fsp3) is 1.00. The molecule has 124 valence electrons. The van der Waals surface area contributed by atoms with Gasteiger partial charge in [0.15, 0.2) is 29.5 Å². The summed E-state index contributed by atoms with van der Waals surface area (Å²) in [5, 5.41) is 0. The minimum Gasteiger partial charge on any atom is -0.344 e. The minimum absolute atomic E-state index is 0.0721. The predicted molar refractivity (Wildman–Crippen MR) is 82.5 cm³/mol. The lowest BCUT2D eigenvalue weighted by atomic mass is 11.0. The quantitative estimate of drug-likeness (QED) is 0.513. The van der Waals surface area contributed by atoms with Crippen molar-refractivity contribution in [2.75, 3.05) is 51.3 Å². The molecule has 4 N–H and O–H groups in total. The Bertz CT molecular complexity index is 375. The van der Waals surface area contributed by atoms with Gasteiger partial charge in [0.05, 0.1) is 0 Å². The lowest BCUT2D eigenvalue weighted by Gasteiger charge is -2.06. The van der Waals surface area contributed by atoms with Gasteiger partial charge in [-0.3, -0.25) is 18.3 Å². The summed E-state index contributed by atoms with van der Waals surface area (Å²) < 4.78 is 42.3. The van der Waals surface area contributed by atoms with Crippen LogP contribution < -0.4 is 0 Å². The van der Waals surface area contributed by atoms with Crippen molar-refractivity contribution in [2.45, 2.75) is 0 Å². The van der Waals surface area contributed by atoms with Gasteiger partial charge < -0.3 is 19.6 Å². The molecule has 0 radical (unpaired) electrons. The summed E-state index contributed by atoms with van der Waals surface area (Å²) in [5.74, 6) is 0. The van der Waals surface area contributed by atoms with E-state index in [0.29, 0.717) is 0 Å². The standard InChI is InChI=1S/2C4H12O4P2/c2*1-9(5,6)3-4-10(2,7)8/h2*3-4H2,1-2H3,(H,5,6)(H,7,8). The van der Waals surface area contributed by atoms with Crippen LogP contribution >= 0.6 is 29.5 Å². The van der Waals surface area contributed by atoms with Crippen LogP contribution in [0.3, 0.4) is 0 Å².